The number of anilines is 2. The van der Waals surface area contributed by atoms with Crippen molar-refractivity contribution >= 4 is 81.2 Å². The molecule has 0 unspecified atom stereocenters. The first kappa shape index (κ1) is 34.7. The Morgan fingerprint density at radius 1 is 0.591 bits per heavy atom. The number of benzene rings is 3. The number of amides is 2. The molecule has 8 nitrogen and oxygen atoms in total. The number of hydrogen-bond donors (Lipinski definition) is 2. The van der Waals surface area contributed by atoms with Gasteiger partial charge in [0, 0.05) is 22.5 Å². The van der Waals surface area contributed by atoms with E-state index < -0.39 is 11.8 Å². The van der Waals surface area contributed by atoms with E-state index >= 15 is 0 Å². The Bertz CT molecular complexity index is 1520. The normalized spacial score (nSPS) is 10.5. The molecule has 3 aromatic carbocycles. The van der Waals surface area contributed by atoms with E-state index in [-0.39, 0.29) is 67.5 Å². The maximum Gasteiger partial charge on any atom is 0.262 e. The third-order valence-electron chi connectivity index (χ3n) is 6.25. The number of allylic oxidation sites excluding steroid dienone is 2. The molecular formula is C32H28Cl4N2O6. The smallest absolute Gasteiger partial charge is 0.262 e. The summed E-state index contributed by atoms with van der Waals surface area (Å²) in [7, 11) is 0. The van der Waals surface area contributed by atoms with Gasteiger partial charge >= 0.3 is 0 Å². The largest absolute Gasteiger partial charge is 0.482 e. The van der Waals surface area contributed by atoms with Crippen molar-refractivity contribution in [3.05, 3.63) is 104 Å². The van der Waals surface area contributed by atoms with Crippen molar-refractivity contribution in [2.45, 2.75) is 26.7 Å². The van der Waals surface area contributed by atoms with Crippen LogP contribution in [0, 0.1) is 0 Å². The van der Waals surface area contributed by atoms with Crippen LogP contribution in [-0.2, 0) is 9.59 Å². The molecule has 3 aromatic rings. The van der Waals surface area contributed by atoms with Gasteiger partial charge in [-0.2, -0.15) is 0 Å². The molecule has 230 valence electrons. The van der Waals surface area contributed by atoms with Crippen LogP contribution < -0.4 is 20.1 Å². The topological polar surface area (TPSA) is 111 Å². The summed E-state index contributed by atoms with van der Waals surface area (Å²) >= 11 is 25.0. The quantitative estimate of drug-likeness (QED) is 0.131. The summed E-state index contributed by atoms with van der Waals surface area (Å²) in [6.07, 6.45) is 0.934. The van der Waals surface area contributed by atoms with Crippen molar-refractivity contribution in [3.63, 3.8) is 0 Å². The Labute approximate surface area is 274 Å². The molecule has 0 atom stereocenters. The SMILES string of the molecule is C=C(CC)C(=O)c1ccc(OCC(=O)Nc2ccc(NC(=O)COc3ccc(C(=O)C(=C)CC)c(Cl)c3Cl)cc2)c(Cl)c1Cl. The summed E-state index contributed by atoms with van der Waals surface area (Å²) in [5.41, 5.74) is 2.07. The van der Waals surface area contributed by atoms with Gasteiger partial charge in [-0.05, 0) is 72.5 Å². The van der Waals surface area contributed by atoms with Gasteiger partial charge in [-0.3, -0.25) is 19.2 Å². The Balaban J connectivity index is 1.51. The second-order valence-corrected chi connectivity index (χ2v) is 10.8. The van der Waals surface area contributed by atoms with Crippen LogP contribution in [0.1, 0.15) is 47.4 Å². The number of ether oxygens (including phenoxy) is 2. The number of hydrogen-bond acceptors (Lipinski definition) is 6. The highest BCUT2D eigenvalue weighted by atomic mass is 35.5. The lowest BCUT2D eigenvalue weighted by atomic mass is 10.0. The van der Waals surface area contributed by atoms with Gasteiger partial charge in [-0.15, -0.1) is 0 Å². The van der Waals surface area contributed by atoms with E-state index in [4.69, 9.17) is 55.9 Å². The highest BCUT2D eigenvalue weighted by Gasteiger charge is 2.20. The highest BCUT2D eigenvalue weighted by Crippen LogP contribution is 2.37. The lowest BCUT2D eigenvalue weighted by molar-refractivity contribution is -0.118. The van der Waals surface area contributed by atoms with Crippen LogP contribution in [0.4, 0.5) is 11.4 Å². The van der Waals surface area contributed by atoms with Crippen molar-refractivity contribution < 1.29 is 28.7 Å². The zero-order valence-electron chi connectivity index (χ0n) is 23.8. The molecule has 0 saturated heterocycles. The molecule has 2 amide bonds. The van der Waals surface area contributed by atoms with E-state index in [1.54, 1.807) is 38.1 Å². The summed E-state index contributed by atoms with van der Waals surface area (Å²) in [5.74, 6) is -1.32. The molecule has 0 fully saturated rings. The third kappa shape index (κ3) is 8.64. The van der Waals surface area contributed by atoms with E-state index in [1.807, 2.05) is 0 Å². The first-order valence-corrected chi connectivity index (χ1v) is 14.7. The monoisotopic (exact) mass is 676 g/mol. The molecule has 0 radical (unpaired) electrons. The van der Waals surface area contributed by atoms with Crippen molar-refractivity contribution in [2.24, 2.45) is 0 Å². The van der Waals surface area contributed by atoms with Crippen molar-refractivity contribution in [1.29, 1.82) is 0 Å². The molecule has 0 bridgehead atoms. The predicted molar refractivity (Wildman–Crippen MR) is 175 cm³/mol. The second-order valence-electron chi connectivity index (χ2n) is 9.30. The number of ketones is 2. The molecule has 0 aliphatic rings. The number of Topliss-reactive ketones (excluding diaryl/α,β-unsaturated/α-hetero) is 2. The number of halogens is 4. The number of carbonyl (C=O) groups excluding carboxylic acids is 4. The highest BCUT2D eigenvalue weighted by molar-refractivity contribution is 6.46. The van der Waals surface area contributed by atoms with Crippen LogP contribution in [0.3, 0.4) is 0 Å². The lowest BCUT2D eigenvalue weighted by Gasteiger charge is -2.13. The molecule has 0 aliphatic heterocycles. The van der Waals surface area contributed by atoms with Gasteiger partial charge in [-0.1, -0.05) is 73.4 Å². The van der Waals surface area contributed by atoms with Gasteiger partial charge in [0.1, 0.15) is 21.5 Å². The Morgan fingerprint density at radius 3 is 1.25 bits per heavy atom. The average molecular weight is 678 g/mol. The van der Waals surface area contributed by atoms with E-state index in [9.17, 15) is 19.2 Å². The molecule has 44 heavy (non-hydrogen) atoms. The molecule has 3 rings (SSSR count). The Hall–Kier alpha value is -3.82. The summed E-state index contributed by atoms with van der Waals surface area (Å²) < 4.78 is 11.0. The van der Waals surface area contributed by atoms with Crippen LogP contribution >= 0.6 is 46.4 Å². The standard InChI is InChI=1S/C32H28Cl4N2O6/c1-5-17(3)31(41)21-11-13-23(29(35)27(21)33)43-15-25(39)37-19-7-9-20(10-8-19)38-26(40)16-44-24-14-12-22(28(34)30(24)36)32(42)18(4)6-2/h7-14H,3-6,15-16H2,1-2H3,(H,37,39)(H,38,40). The minimum Gasteiger partial charge on any atom is -0.482 e. The number of nitrogens with one attached hydrogen (secondary N) is 2. The summed E-state index contributed by atoms with van der Waals surface area (Å²) in [6.45, 7) is 10.3. The van der Waals surface area contributed by atoms with Crippen LogP contribution in [0.2, 0.25) is 20.1 Å². The van der Waals surface area contributed by atoms with Gasteiger partial charge in [0.25, 0.3) is 11.8 Å². The maximum absolute atomic E-state index is 12.4. The Morgan fingerprint density at radius 2 is 0.932 bits per heavy atom. The number of rotatable bonds is 14. The lowest BCUT2D eigenvalue weighted by Crippen LogP contribution is -2.21. The van der Waals surface area contributed by atoms with Crippen LogP contribution in [-0.4, -0.2) is 36.6 Å². The van der Waals surface area contributed by atoms with Crippen LogP contribution in [0.25, 0.3) is 0 Å². The molecule has 0 aromatic heterocycles. The molecule has 0 spiro atoms. The minimum atomic E-state index is -0.482. The third-order valence-corrected chi connectivity index (χ3v) is 7.98. The van der Waals surface area contributed by atoms with Crippen molar-refractivity contribution in [2.75, 3.05) is 23.8 Å². The summed E-state index contributed by atoms with van der Waals surface area (Å²) in [4.78, 5) is 49.6. The fourth-order valence-corrected chi connectivity index (χ4v) is 4.58. The molecule has 0 heterocycles. The van der Waals surface area contributed by atoms with E-state index in [0.29, 0.717) is 35.4 Å². The number of carbonyl (C=O) groups is 4. The van der Waals surface area contributed by atoms with Gasteiger partial charge in [0.05, 0.1) is 10.0 Å². The Kier molecular flexibility index (Phi) is 12.4. The van der Waals surface area contributed by atoms with E-state index in [0.717, 1.165) is 0 Å². The summed E-state index contributed by atoms with van der Waals surface area (Å²) in [6, 6.07) is 12.2. The maximum atomic E-state index is 12.4. The average Bonchev–Trinajstić information content (AvgIpc) is 3.02. The molecular weight excluding hydrogens is 650 g/mol. The molecule has 12 heteroatoms. The predicted octanol–water partition coefficient (Wildman–Crippen LogP) is 8.63. The van der Waals surface area contributed by atoms with Gasteiger partial charge in [-0.25, -0.2) is 0 Å². The van der Waals surface area contributed by atoms with Gasteiger partial charge in [0.15, 0.2) is 24.8 Å². The molecule has 2 N–H and O–H groups in total. The first-order valence-electron chi connectivity index (χ1n) is 13.2. The van der Waals surface area contributed by atoms with Gasteiger partial charge < -0.3 is 20.1 Å². The molecule has 0 saturated carbocycles. The second kappa shape index (κ2) is 15.8. The van der Waals surface area contributed by atoms with Gasteiger partial charge in [0.2, 0.25) is 0 Å². The van der Waals surface area contributed by atoms with E-state index in [2.05, 4.69) is 23.8 Å². The first-order chi connectivity index (χ1) is 20.9. The van der Waals surface area contributed by atoms with Crippen molar-refractivity contribution in [1.82, 2.24) is 0 Å². The zero-order chi connectivity index (χ0) is 32.6. The molecule has 0 aliphatic carbocycles. The zero-order valence-corrected chi connectivity index (χ0v) is 26.8. The van der Waals surface area contributed by atoms with Crippen LogP contribution in [0.5, 0.6) is 11.5 Å². The minimum absolute atomic E-state index is 0.00837. The van der Waals surface area contributed by atoms with Crippen molar-refractivity contribution in [3.8, 4) is 11.5 Å². The van der Waals surface area contributed by atoms with Crippen LogP contribution in [0.15, 0.2) is 72.8 Å². The van der Waals surface area contributed by atoms with E-state index in [1.165, 1.54) is 24.3 Å². The fraction of sp³-hybridized carbons (Fsp3) is 0.188. The fourth-order valence-electron chi connectivity index (χ4n) is 3.66. The summed E-state index contributed by atoms with van der Waals surface area (Å²) in [5, 5.41) is 5.37.